The predicted molar refractivity (Wildman–Crippen MR) is 68.0 cm³/mol. The summed E-state index contributed by atoms with van der Waals surface area (Å²) >= 11 is 0. The van der Waals surface area contributed by atoms with Gasteiger partial charge in [0, 0.05) is 0 Å². The van der Waals surface area contributed by atoms with E-state index in [0.717, 1.165) is 30.8 Å². The number of aryl methyl sites for hydroxylation is 2. The van der Waals surface area contributed by atoms with Crippen molar-refractivity contribution in [3.8, 4) is 0 Å². The van der Waals surface area contributed by atoms with Gasteiger partial charge in [0.1, 0.15) is 5.76 Å². The summed E-state index contributed by atoms with van der Waals surface area (Å²) in [5.74, 6) is 1.80. The van der Waals surface area contributed by atoms with Gasteiger partial charge in [-0.1, -0.05) is 6.92 Å². The van der Waals surface area contributed by atoms with E-state index in [2.05, 4.69) is 22.5 Å². The first-order valence-electron chi connectivity index (χ1n) is 6.52. The lowest BCUT2D eigenvalue weighted by Gasteiger charge is -2.28. The van der Waals surface area contributed by atoms with Gasteiger partial charge < -0.3 is 15.1 Å². The maximum atomic E-state index is 12.0. The highest BCUT2D eigenvalue weighted by molar-refractivity contribution is 5.82. The zero-order chi connectivity index (χ0) is 13.1. The van der Waals surface area contributed by atoms with E-state index in [9.17, 15) is 4.79 Å². The van der Waals surface area contributed by atoms with Crippen LogP contribution in [0.25, 0.3) is 0 Å². The second kappa shape index (κ2) is 5.52. The van der Waals surface area contributed by atoms with Crippen LogP contribution in [-0.4, -0.2) is 23.5 Å². The van der Waals surface area contributed by atoms with Crippen molar-refractivity contribution in [1.29, 1.82) is 0 Å². The van der Waals surface area contributed by atoms with Crippen molar-refractivity contribution in [2.75, 3.05) is 6.54 Å². The monoisotopic (exact) mass is 251 g/mol. The number of rotatable bonds is 3. The summed E-state index contributed by atoms with van der Waals surface area (Å²) in [7, 11) is 0. The minimum Gasteiger partial charge on any atom is -0.444 e. The van der Waals surface area contributed by atoms with Gasteiger partial charge in [-0.3, -0.25) is 4.79 Å². The van der Waals surface area contributed by atoms with Crippen molar-refractivity contribution in [3.63, 3.8) is 0 Å². The number of carbonyl (C=O) groups excluding carboxylic acids is 1. The Morgan fingerprint density at radius 1 is 1.56 bits per heavy atom. The summed E-state index contributed by atoms with van der Waals surface area (Å²) in [6, 6.07) is -0.0871. The minimum absolute atomic E-state index is 0.0377. The van der Waals surface area contributed by atoms with Gasteiger partial charge >= 0.3 is 0 Å². The molecule has 100 valence electrons. The number of amides is 1. The number of nitrogens with zero attached hydrogens (tertiary/aromatic N) is 1. The standard InChI is InChI=1S/C13H21N3O2/c1-8-5-4-6-14-12(8)13(17)15-7-11-16-9(2)10(3)18-11/h8,12,14H,4-7H2,1-3H3,(H,15,17). The molecule has 0 aliphatic carbocycles. The molecule has 1 aliphatic heterocycles. The lowest BCUT2D eigenvalue weighted by atomic mass is 9.92. The molecule has 1 aliphatic rings. The summed E-state index contributed by atoms with van der Waals surface area (Å²) in [5.41, 5.74) is 0.878. The Labute approximate surface area is 107 Å². The molecule has 2 N–H and O–H groups in total. The van der Waals surface area contributed by atoms with Crippen LogP contribution in [-0.2, 0) is 11.3 Å². The Kier molecular flexibility index (Phi) is 4.01. The van der Waals surface area contributed by atoms with Crippen molar-refractivity contribution in [2.24, 2.45) is 5.92 Å². The first kappa shape index (κ1) is 13.1. The van der Waals surface area contributed by atoms with E-state index < -0.39 is 0 Å². The Hall–Kier alpha value is -1.36. The van der Waals surface area contributed by atoms with Crippen LogP contribution in [0.1, 0.15) is 37.1 Å². The molecule has 2 rings (SSSR count). The molecule has 1 aromatic rings. The van der Waals surface area contributed by atoms with Crippen molar-refractivity contribution in [3.05, 3.63) is 17.3 Å². The molecule has 2 atom stereocenters. The fourth-order valence-electron chi connectivity index (χ4n) is 2.29. The molecule has 5 heteroatoms. The van der Waals surface area contributed by atoms with Crippen molar-refractivity contribution in [2.45, 2.75) is 46.2 Å². The van der Waals surface area contributed by atoms with E-state index in [0.29, 0.717) is 18.4 Å². The van der Waals surface area contributed by atoms with E-state index in [4.69, 9.17) is 4.42 Å². The summed E-state index contributed by atoms with van der Waals surface area (Å²) < 4.78 is 5.43. The third-order valence-electron chi connectivity index (χ3n) is 3.54. The topological polar surface area (TPSA) is 67.2 Å². The molecule has 5 nitrogen and oxygen atoms in total. The molecule has 0 aromatic carbocycles. The summed E-state index contributed by atoms with van der Waals surface area (Å²) in [4.78, 5) is 16.3. The molecular formula is C13H21N3O2. The van der Waals surface area contributed by atoms with E-state index in [1.807, 2.05) is 13.8 Å². The highest BCUT2D eigenvalue weighted by atomic mass is 16.4. The Morgan fingerprint density at radius 3 is 2.94 bits per heavy atom. The predicted octanol–water partition coefficient (Wildman–Crippen LogP) is 1.30. The van der Waals surface area contributed by atoms with Crippen molar-refractivity contribution >= 4 is 5.91 Å². The molecule has 1 amide bonds. The molecule has 0 saturated carbocycles. The van der Waals surface area contributed by atoms with Gasteiger partial charge in [0.15, 0.2) is 0 Å². The smallest absolute Gasteiger partial charge is 0.237 e. The van der Waals surface area contributed by atoms with Gasteiger partial charge in [0.2, 0.25) is 11.8 Å². The van der Waals surface area contributed by atoms with Gasteiger partial charge in [0.05, 0.1) is 18.3 Å². The highest BCUT2D eigenvalue weighted by Crippen LogP contribution is 2.15. The molecule has 2 unspecified atom stereocenters. The zero-order valence-electron chi connectivity index (χ0n) is 11.2. The van der Waals surface area contributed by atoms with Crippen LogP contribution in [0.4, 0.5) is 0 Å². The lowest BCUT2D eigenvalue weighted by Crippen LogP contribution is -2.50. The van der Waals surface area contributed by atoms with Crippen LogP contribution in [0.15, 0.2) is 4.42 Å². The second-order valence-corrected chi connectivity index (χ2v) is 5.02. The number of hydrogen-bond acceptors (Lipinski definition) is 4. The van der Waals surface area contributed by atoms with Crippen LogP contribution in [0, 0.1) is 19.8 Å². The summed E-state index contributed by atoms with van der Waals surface area (Å²) in [6.45, 7) is 7.15. The Balaban J connectivity index is 1.87. The maximum absolute atomic E-state index is 12.0. The van der Waals surface area contributed by atoms with Gasteiger partial charge in [-0.25, -0.2) is 4.98 Å². The SMILES string of the molecule is Cc1nc(CNC(=O)C2NCCCC2C)oc1C. The third kappa shape index (κ3) is 2.90. The molecule has 0 spiro atoms. The van der Waals surface area contributed by atoms with Crippen LogP contribution >= 0.6 is 0 Å². The van der Waals surface area contributed by atoms with Gasteiger partial charge in [-0.2, -0.15) is 0 Å². The van der Waals surface area contributed by atoms with Crippen LogP contribution in [0.3, 0.4) is 0 Å². The first-order valence-corrected chi connectivity index (χ1v) is 6.52. The molecular weight excluding hydrogens is 230 g/mol. The number of nitrogens with one attached hydrogen (secondary N) is 2. The number of aromatic nitrogens is 1. The number of carbonyl (C=O) groups is 1. The van der Waals surface area contributed by atoms with E-state index in [1.54, 1.807) is 0 Å². The fraction of sp³-hybridized carbons (Fsp3) is 0.692. The molecule has 1 fully saturated rings. The Morgan fingerprint density at radius 2 is 2.33 bits per heavy atom. The molecule has 1 saturated heterocycles. The van der Waals surface area contributed by atoms with Crippen LogP contribution in [0.2, 0.25) is 0 Å². The second-order valence-electron chi connectivity index (χ2n) is 5.02. The maximum Gasteiger partial charge on any atom is 0.237 e. The zero-order valence-corrected chi connectivity index (χ0v) is 11.2. The third-order valence-corrected chi connectivity index (χ3v) is 3.54. The summed E-state index contributed by atoms with van der Waals surface area (Å²) in [6.07, 6.45) is 2.24. The molecule has 2 heterocycles. The molecule has 1 aromatic heterocycles. The minimum atomic E-state index is -0.0871. The van der Waals surface area contributed by atoms with Gasteiger partial charge in [-0.15, -0.1) is 0 Å². The lowest BCUT2D eigenvalue weighted by molar-refractivity contribution is -0.125. The Bertz CT molecular complexity index is 408. The fourth-order valence-corrected chi connectivity index (χ4v) is 2.29. The number of piperidine rings is 1. The average molecular weight is 251 g/mol. The molecule has 0 bridgehead atoms. The first-order chi connectivity index (χ1) is 8.58. The molecule has 18 heavy (non-hydrogen) atoms. The quantitative estimate of drug-likeness (QED) is 0.849. The van der Waals surface area contributed by atoms with E-state index >= 15 is 0 Å². The number of oxazole rings is 1. The number of hydrogen-bond donors (Lipinski definition) is 2. The average Bonchev–Trinajstić information content (AvgIpc) is 2.66. The largest absolute Gasteiger partial charge is 0.444 e. The van der Waals surface area contributed by atoms with Gasteiger partial charge in [0.25, 0.3) is 0 Å². The van der Waals surface area contributed by atoms with E-state index in [1.165, 1.54) is 0 Å². The van der Waals surface area contributed by atoms with Crippen LogP contribution < -0.4 is 10.6 Å². The van der Waals surface area contributed by atoms with Crippen molar-refractivity contribution in [1.82, 2.24) is 15.6 Å². The van der Waals surface area contributed by atoms with Crippen LogP contribution in [0.5, 0.6) is 0 Å². The van der Waals surface area contributed by atoms with Crippen molar-refractivity contribution < 1.29 is 9.21 Å². The molecule has 0 radical (unpaired) electrons. The summed E-state index contributed by atoms with van der Waals surface area (Å²) in [5, 5.41) is 6.14. The van der Waals surface area contributed by atoms with Gasteiger partial charge in [-0.05, 0) is 39.2 Å². The highest BCUT2D eigenvalue weighted by Gasteiger charge is 2.27. The van der Waals surface area contributed by atoms with E-state index in [-0.39, 0.29) is 11.9 Å². The normalized spacial score (nSPS) is 23.9.